The molecular weight excluding hydrogens is 578 g/mol. The fourth-order valence-corrected chi connectivity index (χ4v) is 6.44. The number of ether oxygens (including phenoxy) is 4. The van der Waals surface area contributed by atoms with Gasteiger partial charge < -0.3 is 78.3 Å². The summed E-state index contributed by atoms with van der Waals surface area (Å²) < 4.78 is 24.0. The van der Waals surface area contributed by atoms with Crippen molar-refractivity contribution >= 4 is 5.91 Å². The molecule has 4 rings (SSSR count). The Morgan fingerprint density at radius 2 is 1.82 bits per heavy atom. The van der Waals surface area contributed by atoms with Crippen molar-refractivity contribution < 1.29 is 44.2 Å². The van der Waals surface area contributed by atoms with E-state index in [-0.39, 0.29) is 32.0 Å². The summed E-state index contributed by atoms with van der Waals surface area (Å²) in [7, 11) is 1.58. The van der Waals surface area contributed by atoms with Crippen LogP contribution >= 0.6 is 0 Å². The number of carbonyl (C=O) groups is 1. The zero-order chi connectivity index (χ0) is 32.2. The average molecular weight is 632 g/mol. The molecule has 2 heterocycles. The summed E-state index contributed by atoms with van der Waals surface area (Å²) in [4.78, 5) is 12.7. The van der Waals surface area contributed by atoms with Gasteiger partial charge in [-0.05, 0) is 71.2 Å². The Balaban J connectivity index is 1.45. The summed E-state index contributed by atoms with van der Waals surface area (Å²) in [6, 6.07) is -2.77. The number of hydrogen-bond donors (Lipinski definition) is 11. The number of likely N-dealkylation sites (N-methyl/N-ethyl adjacent to an activating group) is 1. The number of aliphatic hydroxyl groups excluding tert-OH is 3. The van der Waals surface area contributed by atoms with E-state index in [4.69, 9.17) is 41.9 Å². The number of hydrogen-bond acceptors (Lipinski definition) is 15. The second-order valence-corrected chi connectivity index (χ2v) is 12.9. The first-order valence-corrected chi connectivity index (χ1v) is 15.5. The molecule has 15 N–H and O–H groups in total. The maximum Gasteiger partial charge on any atom is 0.249 e. The van der Waals surface area contributed by atoms with Gasteiger partial charge in [0, 0.05) is 12.1 Å². The van der Waals surface area contributed by atoms with E-state index in [1.807, 2.05) is 6.08 Å². The number of carbonyl (C=O) groups excluding carboxylic acids is 1. The molecule has 2 aliphatic heterocycles. The lowest BCUT2D eigenvalue weighted by molar-refractivity contribution is -0.304. The van der Waals surface area contributed by atoms with Crippen molar-refractivity contribution in [2.24, 2.45) is 28.9 Å². The lowest BCUT2D eigenvalue weighted by Gasteiger charge is -2.49. The highest BCUT2D eigenvalue weighted by Crippen LogP contribution is 2.32. The predicted molar refractivity (Wildman–Crippen MR) is 158 cm³/mol. The molecule has 44 heavy (non-hydrogen) atoms. The number of nitrogens with two attached hydrogens (primary N) is 4. The second kappa shape index (κ2) is 15.4. The third-order valence-corrected chi connectivity index (χ3v) is 9.05. The lowest BCUT2D eigenvalue weighted by Crippen LogP contribution is -2.69. The second-order valence-electron chi connectivity index (χ2n) is 12.9. The Hall–Kier alpha value is -1.51. The summed E-state index contributed by atoms with van der Waals surface area (Å²) in [6.07, 6.45) is -4.09. The van der Waals surface area contributed by atoms with Gasteiger partial charge in [0.05, 0.1) is 31.3 Å². The van der Waals surface area contributed by atoms with Crippen molar-refractivity contribution in [1.29, 1.82) is 0 Å². The van der Waals surface area contributed by atoms with Crippen molar-refractivity contribution in [2.45, 2.75) is 118 Å². The molecule has 16 nitrogen and oxygen atoms in total. The van der Waals surface area contributed by atoms with E-state index < -0.39 is 78.8 Å². The Morgan fingerprint density at radius 3 is 2.48 bits per heavy atom. The highest BCUT2D eigenvalue weighted by molar-refractivity contribution is 5.80. The fourth-order valence-electron chi connectivity index (χ4n) is 6.44. The fraction of sp³-hybridized carbons (Fsp3) is 0.893. The predicted octanol–water partition coefficient (Wildman–Crippen LogP) is -4.62. The largest absolute Gasteiger partial charge is 0.467 e. The van der Waals surface area contributed by atoms with E-state index in [1.165, 1.54) is 6.92 Å². The molecule has 1 amide bonds. The van der Waals surface area contributed by atoms with Crippen LogP contribution in [-0.2, 0) is 23.7 Å². The molecule has 1 saturated heterocycles. The van der Waals surface area contributed by atoms with E-state index in [2.05, 4.69) is 16.0 Å². The van der Waals surface area contributed by atoms with Gasteiger partial charge in [0.25, 0.3) is 0 Å². The normalized spacial score (nSPS) is 43.4. The lowest BCUT2D eigenvalue weighted by atomic mass is 9.81. The van der Waals surface area contributed by atoms with Gasteiger partial charge in [0.2, 0.25) is 12.2 Å². The van der Waals surface area contributed by atoms with Crippen molar-refractivity contribution in [3.63, 3.8) is 0 Å². The van der Waals surface area contributed by atoms with Crippen molar-refractivity contribution in [3.05, 3.63) is 11.8 Å². The van der Waals surface area contributed by atoms with Crippen LogP contribution in [0, 0.1) is 5.92 Å². The molecule has 0 radical (unpaired) electrons. The van der Waals surface area contributed by atoms with E-state index >= 15 is 0 Å². The van der Waals surface area contributed by atoms with Crippen molar-refractivity contribution in [3.8, 4) is 0 Å². The molecule has 2 aliphatic carbocycles. The van der Waals surface area contributed by atoms with Crippen LogP contribution in [-0.4, -0.2) is 139 Å². The molecule has 0 bridgehead atoms. The van der Waals surface area contributed by atoms with Gasteiger partial charge in [0.1, 0.15) is 41.9 Å². The van der Waals surface area contributed by atoms with Crippen LogP contribution in [0.4, 0.5) is 0 Å². The number of aliphatic hydroxyl groups is 4. The smallest absolute Gasteiger partial charge is 0.249 e. The summed E-state index contributed by atoms with van der Waals surface area (Å²) in [5.41, 5.74) is 22.8. The third kappa shape index (κ3) is 8.44. The van der Waals surface area contributed by atoms with Gasteiger partial charge in [-0.2, -0.15) is 0 Å². The molecular formula is C28H53N7O9. The maximum absolute atomic E-state index is 12.7. The first-order chi connectivity index (χ1) is 20.8. The van der Waals surface area contributed by atoms with Gasteiger partial charge in [-0.1, -0.05) is 0 Å². The van der Waals surface area contributed by atoms with Crippen LogP contribution in [0.2, 0.25) is 0 Å². The summed E-state index contributed by atoms with van der Waals surface area (Å²) >= 11 is 0. The zero-order valence-electron chi connectivity index (χ0n) is 25.6. The molecule has 0 aromatic rings. The highest BCUT2D eigenvalue weighted by atomic mass is 16.7. The van der Waals surface area contributed by atoms with Crippen LogP contribution in [0.3, 0.4) is 0 Å². The van der Waals surface area contributed by atoms with Gasteiger partial charge in [0.15, 0.2) is 6.29 Å². The number of nitrogens with one attached hydrogen (secondary N) is 3. The molecule has 0 aromatic heterocycles. The number of rotatable bonds is 13. The van der Waals surface area contributed by atoms with E-state index in [0.29, 0.717) is 24.6 Å². The monoisotopic (exact) mass is 631 g/mol. The summed E-state index contributed by atoms with van der Waals surface area (Å²) in [5, 5.41) is 52.4. The SMILES string of the molecule is CN[C@@H]1[C@@H](O)[C@@H](O[C@@H]2[C@@H](O)[C@H](O[C@H]3OC(CNC[C@H]4C[C@H](N)C4)=CC[C@H]3N)[C@@H](N)C[C@H]2NC(=O)[C@@H](O)CCN)OC[C@]1(C)O. The van der Waals surface area contributed by atoms with Gasteiger partial charge in [-0.25, -0.2) is 0 Å². The topological polar surface area (TPSA) is 275 Å². The van der Waals surface area contributed by atoms with E-state index in [0.717, 1.165) is 19.4 Å². The van der Waals surface area contributed by atoms with Crippen molar-refractivity contribution in [2.75, 3.05) is 33.3 Å². The van der Waals surface area contributed by atoms with Crippen LogP contribution in [0.5, 0.6) is 0 Å². The van der Waals surface area contributed by atoms with Crippen molar-refractivity contribution in [1.82, 2.24) is 16.0 Å². The zero-order valence-corrected chi connectivity index (χ0v) is 25.6. The van der Waals surface area contributed by atoms with E-state index in [1.54, 1.807) is 7.05 Å². The molecule has 4 aliphatic rings. The molecule has 0 spiro atoms. The third-order valence-electron chi connectivity index (χ3n) is 9.05. The first-order valence-electron chi connectivity index (χ1n) is 15.5. The standard InChI is InChI=1S/C28H53N7O9/c1-28(40)12-41-27(21(38)24(28)33-2)44-23-18(35-25(39)19(36)5-6-29)9-17(32)22(20(23)37)43-26-16(31)4-3-15(42-26)11-34-10-13-7-14(30)8-13/h3,13-14,16-24,26-27,33-34,36-38,40H,4-12,29-32H2,1-2H3,(H,35,39)/t13-,14-,16-,17+,18-,19+,20+,21-,22-,23+,24-,26-,27-,28+/m1/s1. The molecule has 12 atom stereocenters. The minimum atomic E-state index is -1.44. The van der Waals surface area contributed by atoms with E-state index in [9.17, 15) is 25.2 Å². The Labute approximate surface area is 258 Å². The summed E-state index contributed by atoms with van der Waals surface area (Å²) in [5.74, 6) is 0.495. The average Bonchev–Trinajstić information content (AvgIpc) is 2.94. The first kappa shape index (κ1) is 35.3. The Kier molecular flexibility index (Phi) is 12.4. The highest BCUT2D eigenvalue weighted by Gasteiger charge is 2.52. The van der Waals surface area contributed by atoms with Crippen LogP contribution in [0.15, 0.2) is 11.8 Å². The molecule has 0 unspecified atom stereocenters. The molecule has 0 aromatic carbocycles. The maximum atomic E-state index is 12.7. The minimum absolute atomic E-state index is 0.0314. The Bertz CT molecular complexity index is 972. The molecule has 16 heteroatoms. The van der Waals surface area contributed by atoms with Crippen LogP contribution in [0.1, 0.15) is 39.0 Å². The Morgan fingerprint density at radius 1 is 1.11 bits per heavy atom. The van der Waals surface area contributed by atoms with Gasteiger partial charge in [-0.15, -0.1) is 0 Å². The van der Waals surface area contributed by atoms with Crippen LogP contribution < -0.4 is 38.9 Å². The van der Waals surface area contributed by atoms with Gasteiger partial charge >= 0.3 is 0 Å². The quantitative estimate of drug-likeness (QED) is 0.0912. The summed E-state index contributed by atoms with van der Waals surface area (Å²) in [6.45, 7) is 2.74. The molecule has 254 valence electrons. The van der Waals surface area contributed by atoms with Gasteiger partial charge in [-0.3, -0.25) is 4.79 Å². The molecule has 2 saturated carbocycles. The minimum Gasteiger partial charge on any atom is -0.467 e. The molecule has 3 fully saturated rings. The van der Waals surface area contributed by atoms with Crippen LogP contribution in [0.25, 0.3) is 0 Å². The number of amides is 1.